The van der Waals surface area contributed by atoms with Gasteiger partial charge in [-0.05, 0) is 50.0 Å². The van der Waals surface area contributed by atoms with Crippen molar-refractivity contribution in [3.63, 3.8) is 0 Å². The van der Waals surface area contributed by atoms with Crippen LogP contribution in [0.2, 0.25) is 0 Å². The van der Waals surface area contributed by atoms with Crippen molar-refractivity contribution < 1.29 is 9.53 Å². The lowest BCUT2D eigenvalue weighted by atomic mass is 10.1. The lowest BCUT2D eigenvalue weighted by Gasteiger charge is -2.26. The zero-order valence-corrected chi connectivity index (χ0v) is 14.4. The van der Waals surface area contributed by atoms with Crippen LogP contribution in [0.4, 0.5) is 4.79 Å². The van der Waals surface area contributed by atoms with Crippen LogP contribution >= 0.6 is 0 Å². The fourth-order valence-corrected chi connectivity index (χ4v) is 2.97. The second kappa shape index (κ2) is 10.3. The molecule has 1 aliphatic heterocycles. The monoisotopic (exact) mass is 318 g/mol. The number of hydrogen-bond donors (Lipinski definition) is 1. The van der Waals surface area contributed by atoms with Crippen LogP contribution in [0.3, 0.4) is 0 Å². The molecule has 1 fully saturated rings. The predicted molar refractivity (Wildman–Crippen MR) is 93.7 cm³/mol. The van der Waals surface area contributed by atoms with Gasteiger partial charge in [-0.2, -0.15) is 0 Å². The van der Waals surface area contributed by atoms with Crippen LogP contribution in [0.15, 0.2) is 24.3 Å². The SMILES string of the molecule is CCCCCCNC(=O)Oc1cccc(CN2CCCCC2)c1. The van der Waals surface area contributed by atoms with Gasteiger partial charge < -0.3 is 10.1 Å². The number of ether oxygens (including phenoxy) is 1. The summed E-state index contributed by atoms with van der Waals surface area (Å²) < 4.78 is 5.38. The number of piperidine rings is 1. The third kappa shape index (κ3) is 7.04. The van der Waals surface area contributed by atoms with E-state index in [4.69, 9.17) is 4.74 Å². The Morgan fingerprint density at radius 3 is 2.78 bits per heavy atom. The number of nitrogens with zero attached hydrogens (tertiary/aromatic N) is 1. The molecule has 1 amide bonds. The van der Waals surface area contributed by atoms with Crippen molar-refractivity contribution in [3.05, 3.63) is 29.8 Å². The van der Waals surface area contributed by atoms with Gasteiger partial charge in [-0.25, -0.2) is 4.79 Å². The molecular weight excluding hydrogens is 288 g/mol. The van der Waals surface area contributed by atoms with E-state index in [9.17, 15) is 4.79 Å². The third-order valence-corrected chi connectivity index (χ3v) is 4.26. The Balaban J connectivity index is 1.74. The van der Waals surface area contributed by atoms with Crippen LogP contribution in [0.25, 0.3) is 0 Å². The molecule has 1 aromatic rings. The van der Waals surface area contributed by atoms with Crippen molar-refractivity contribution in [2.45, 2.75) is 58.4 Å². The first-order chi connectivity index (χ1) is 11.3. The first kappa shape index (κ1) is 17.8. The number of amides is 1. The van der Waals surface area contributed by atoms with E-state index in [0.717, 1.165) is 19.4 Å². The summed E-state index contributed by atoms with van der Waals surface area (Å²) in [6.45, 7) is 6.15. The van der Waals surface area contributed by atoms with Gasteiger partial charge in [0.1, 0.15) is 5.75 Å². The highest BCUT2D eigenvalue weighted by molar-refractivity contribution is 5.70. The second-order valence-electron chi connectivity index (χ2n) is 6.36. The fourth-order valence-electron chi connectivity index (χ4n) is 2.97. The minimum atomic E-state index is -0.350. The third-order valence-electron chi connectivity index (χ3n) is 4.26. The zero-order chi connectivity index (χ0) is 16.3. The Morgan fingerprint density at radius 1 is 1.17 bits per heavy atom. The van der Waals surface area contributed by atoms with Gasteiger partial charge in [-0.15, -0.1) is 0 Å². The quantitative estimate of drug-likeness (QED) is 0.725. The molecule has 0 saturated carbocycles. The summed E-state index contributed by atoms with van der Waals surface area (Å²) in [6.07, 6.45) is 8.16. The number of unbranched alkanes of at least 4 members (excludes halogenated alkanes) is 3. The van der Waals surface area contributed by atoms with Crippen LogP contribution in [0.5, 0.6) is 5.75 Å². The summed E-state index contributed by atoms with van der Waals surface area (Å²) in [5.41, 5.74) is 1.21. The molecule has 0 aliphatic carbocycles. The van der Waals surface area contributed by atoms with E-state index in [1.54, 1.807) is 0 Å². The maximum atomic E-state index is 11.8. The van der Waals surface area contributed by atoms with Crippen molar-refractivity contribution in [1.29, 1.82) is 0 Å². The van der Waals surface area contributed by atoms with Crippen molar-refractivity contribution in [1.82, 2.24) is 10.2 Å². The molecule has 4 heteroatoms. The van der Waals surface area contributed by atoms with Gasteiger partial charge in [-0.3, -0.25) is 4.90 Å². The maximum absolute atomic E-state index is 11.8. The largest absolute Gasteiger partial charge is 0.412 e. The lowest BCUT2D eigenvalue weighted by molar-refractivity contribution is 0.200. The number of hydrogen-bond acceptors (Lipinski definition) is 3. The summed E-state index contributed by atoms with van der Waals surface area (Å²) in [6, 6.07) is 7.88. The molecule has 0 atom stereocenters. The smallest absolute Gasteiger partial charge is 0.410 e. The Labute approximate surface area is 140 Å². The van der Waals surface area contributed by atoms with Crippen LogP contribution in [-0.2, 0) is 6.54 Å². The van der Waals surface area contributed by atoms with Crippen molar-refractivity contribution >= 4 is 6.09 Å². The molecule has 0 spiro atoms. The van der Waals surface area contributed by atoms with Gasteiger partial charge in [0.15, 0.2) is 0 Å². The van der Waals surface area contributed by atoms with Crippen molar-refractivity contribution in [2.75, 3.05) is 19.6 Å². The van der Waals surface area contributed by atoms with E-state index < -0.39 is 0 Å². The molecule has 1 saturated heterocycles. The first-order valence-electron chi connectivity index (χ1n) is 9.05. The second-order valence-corrected chi connectivity index (χ2v) is 6.36. The molecular formula is C19H30N2O2. The summed E-state index contributed by atoms with van der Waals surface area (Å²) in [5, 5.41) is 2.82. The Morgan fingerprint density at radius 2 is 2.00 bits per heavy atom. The summed E-state index contributed by atoms with van der Waals surface area (Å²) in [5.74, 6) is 0.630. The van der Waals surface area contributed by atoms with Gasteiger partial charge in [0.2, 0.25) is 0 Å². The number of likely N-dealkylation sites (tertiary alicyclic amines) is 1. The van der Waals surface area contributed by atoms with Crippen molar-refractivity contribution in [2.24, 2.45) is 0 Å². The molecule has 4 nitrogen and oxygen atoms in total. The molecule has 1 N–H and O–H groups in total. The molecule has 1 heterocycles. The summed E-state index contributed by atoms with van der Waals surface area (Å²) in [7, 11) is 0. The highest BCUT2D eigenvalue weighted by atomic mass is 16.6. The average molecular weight is 318 g/mol. The van der Waals surface area contributed by atoms with Gasteiger partial charge in [0.25, 0.3) is 0 Å². The van der Waals surface area contributed by atoms with E-state index in [-0.39, 0.29) is 6.09 Å². The van der Waals surface area contributed by atoms with Crippen LogP contribution in [0, 0.1) is 0 Å². The van der Waals surface area contributed by atoms with Gasteiger partial charge >= 0.3 is 6.09 Å². The molecule has 23 heavy (non-hydrogen) atoms. The molecule has 2 rings (SSSR count). The Kier molecular flexibility index (Phi) is 7.95. The van der Waals surface area contributed by atoms with E-state index in [1.165, 1.54) is 50.8 Å². The lowest BCUT2D eigenvalue weighted by Crippen LogP contribution is -2.29. The highest BCUT2D eigenvalue weighted by Gasteiger charge is 2.11. The van der Waals surface area contributed by atoms with Crippen LogP contribution in [0.1, 0.15) is 57.4 Å². The number of rotatable bonds is 8. The molecule has 1 aromatic carbocycles. The van der Waals surface area contributed by atoms with Crippen molar-refractivity contribution in [3.8, 4) is 5.75 Å². The fraction of sp³-hybridized carbons (Fsp3) is 0.632. The number of carbonyl (C=O) groups is 1. The zero-order valence-electron chi connectivity index (χ0n) is 14.4. The van der Waals surface area contributed by atoms with E-state index in [0.29, 0.717) is 12.3 Å². The highest BCUT2D eigenvalue weighted by Crippen LogP contribution is 2.17. The normalized spacial score (nSPS) is 15.3. The molecule has 0 bridgehead atoms. The molecule has 0 unspecified atom stereocenters. The Hall–Kier alpha value is -1.55. The molecule has 0 aromatic heterocycles. The van der Waals surface area contributed by atoms with E-state index in [2.05, 4.69) is 23.2 Å². The molecule has 0 radical (unpaired) electrons. The average Bonchev–Trinajstić information content (AvgIpc) is 2.56. The topological polar surface area (TPSA) is 41.6 Å². The van der Waals surface area contributed by atoms with Gasteiger partial charge in [-0.1, -0.05) is 44.7 Å². The van der Waals surface area contributed by atoms with E-state index >= 15 is 0 Å². The maximum Gasteiger partial charge on any atom is 0.412 e. The summed E-state index contributed by atoms with van der Waals surface area (Å²) >= 11 is 0. The van der Waals surface area contributed by atoms with Gasteiger partial charge in [0.05, 0.1) is 0 Å². The number of benzene rings is 1. The van der Waals surface area contributed by atoms with Crippen LogP contribution in [-0.4, -0.2) is 30.6 Å². The molecule has 128 valence electrons. The van der Waals surface area contributed by atoms with E-state index in [1.807, 2.05) is 18.2 Å². The predicted octanol–water partition coefficient (Wildman–Crippen LogP) is 4.34. The first-order valence-corrected chi connectivity index (χ1v) is 9.05. The minimum Gasteiger partial charge on any atom is -0.410 e. The van der Waals surface area contributed by atoms with Gasteiger partial charge in [0, 0.05) is 13.1 Å². The Bertz CT molecular complexity index is 470. The number of nitrogens with one attached hydrogen (secondary N) is 1. The summed E-state index contributed by atoms with van der Waals surface area (Å²) in [4.78, 5) is 14.3. The molecule has 1 aliphatic rings. The standard InChI is InChI=1S/C19H30N2O2/c1-2-3-4-6-12-20-19(22)23-18-11-9-10-17(15-18)16-21-13-7-5-8-14-21/h9-11,15H,2-8,12-14,16H2,1H3,(H,20,22). The van der Waals surface area contributed by atoms with Crippen LogP contribution < -0.4 is 10.1 Å². The minimum absolute atomic E-state index is 0.350. The number of carbonyl (C=O) groups excluding carboxylic acids is 1.